The van der Waals surface area contributed by atoms with Crippen molar-refractivity contribution in [2.75, 3.05) is 13.2 Å². The maximum Gasteiger partial charge on any atom is 0.422 e. The first-order valence-electron chi connectivity index (χ1n) is 7.69. The number of hydrogen-bond donors (Lipinski definition) is 1. The maximum atomic E-state index is 12.3. The molecule has 0 atom stereocenters. The molecule has 5 nitrogen and oxygen atoms in total. The van der Waals surface area contributed by atoms with E-state index < -0.39 is 12.8 Å². The largest absolute Gasteiger partial charge is 0.468 e. The van der Waals surface area contributed by atoms with Crippen LogP contribution < -0.4 is 10.1 Å². The van der Waals surface area contributed by atoms with Crippen LogP contribution in [0.3, 0.4) is 0 Å². The second-order valence-corrected chi connectivity index (χ2v) is 7.05. The number of urea groups is 1. The minimum atomic E-state index is -4.46. The van der Waals surface area contributed by atoms with Crippen molar-refractivity contribution in [3.05, 3.63) is 45.2 Å². The van der Waals surface area contributed by atoms with Gasteiger partial charge in [0.25, 0.3) is 0 Å². The van der Waals surface area contributed by atoms with Gasteiger partial charge in [-0.2, -0.15) is 13.2 Å². The van der Waals surface area contributed by atoms with Crippen molar-refractivity contribution in [1.82, 2.24) is 15.2 Å². The summed E-state index contributed by atoms with van der Waals surface area (Å²) in [6.07, 6.45) is -3.13. The molecule has 0 bridgehead atoms. The minimum absolute atomic E-state index is 0.00155. The summed E-state index contributed by atoms with van der Waals surface area (Å²) in [5.41, 5.74) is 0.361. The van der Waals surface area contributed by atoms with Gasteiger partial charge in [0.2, 0.25) is 5.88 Å². The number of nitrogens with zero attached hydrogens (tertiary/aromatic N) is 2. The van der Waals surface area contributed by atoms with Gasteiger partial charge in [-0.25, -0.2) is 9.78 Å². The second kappa shape index (κ2) is 9.09. The Labute approximate surface area is 157 Å². The van der Waals surface area contributed by atoms with E-state index in [1.54, 1.807) is 23.1 Å². The Kier molecular flexibility index (Phi) is 7.10. The lowest BCUT2D eigenvalue weighted by Gasteiger charge is -2.21. The molecule has 1 N–H and O–H groups in total. The molecular weight excluding hydrogens is 391 g/mol. The van der Waals surface area contributed by atoms with Gasteiger partial charge in [-0.15, -0.1) is 11.3 Å². The van der Waals surface area contributed by atoms with Crippen molar-refractivity contribution in [3.8, 4) is 5.88 Å². The Morgan fingerprint density at radius 1 is 1.38 bits per heavy atom. The lowest BCUT2D eigenvalue weighted by atomic mass is 10.2. The zero-order chi connectivity index (χ0) is 19.2. The van der Waals surface area contributed by atoms with E-state index in [9.17, 15) is 18.0 Å². The zero-order valence-electron chi connectivity index (χ0n) is 13.8. The average Bonchev–Trinajstić information content (AvgIpc) is 3.00. The molecule has 0 unspecified atom stereocenters. The van der Waals surface area contributed by atoms with Crippen LogP contribution in [0, 0.1) is 0 Å². The number of hydrogen-bond acceptors (Lipinski definition) is 4. The van der Waals surface area contributed by atoms with E-state index in [0.29, 0.717) is 23.0 Å². The summed E-state index contributed by atoms with van der Waals surface area (Å²) >= 11 is 7.27. The molecule has 0 saturated heterocycles. The van der Waals surface area contributed by atoms with Crippen molar-refractivity contribution in [2.45, 2.75) is 26.2 Å². The molecule has 142 valence electrons. The number of thiophene rings is 1. The topological polar surface area (TPSA) is 54.5 Å². The molecule has 0 aliphatic heterocycles. The fourth-order valence-corrected chi connectivity index (χ4v) is 3.18. The number of halogens is 4. The highest BCUT2D eigenvalue weighted by molar-refractivity contribution is 7.16. The van der Waals surface area contributed by atoms with Crippen molar-refractivity contribution >= 4 is 29.0 Å². The van der Waals surface area contributed by atoms with Gasteiger partial charge in [0.1, 0.15) is 0 Å². The highest BCUT2D eigenvalue weighted by atomic mass is 35.5. The van der Waals surface area contributed by atoms with Gasteiger partial charge in [-0.1, -0.05) is 17.7 Å². The number of rotatable bonds is 7. The number of alkyl halides is 3. The molecule has 0 aliphatic carbocycles. The predicted molar refractivity (Wildman–Crippen MR) is 93.4 cm³/mol. The molecule has 10 heteroatoms. The van der Waals surface area contributed by atoms with Gasteiger partial charge in [0.15, 0.2) is 6.61 Å². The normalized spacial score (nSPS) is 11.3. The summed E-state index contributed by atoms with van der Waals surface area (Å²) in [6, 6.07) is 6.37. The van der Waals surface area contributed by atoms with Gasteiger partial charge in [0, 0.05) is 29.7 Å². The first-order valence-corrected chi connectivity index (χ1v) is 8.88. The first-order chi connectivity index (χ1) is 12.3. The van der Waals surface area contributed by atoms with Gasteiger partial charge < -0.3 is 15.0 Å². The number of aromatic nitrogens is 1. The fourth-order valence-electron chi connectivity index (χ4n) is 2.07. The zero-order valence-corrected chi connectivity index (χ0v) is 15.4. The Bertz CT molecular complexity index is 740. The van der Waals surface area contributed by atoms with Crippen LogP contribution in [0.4, 0.5) is 18.0 Å². The first kappa shape index (κ1) is 20.3. The lowest BCUT2D eigenvalue weighted by molar-refractivity contribution is -0.154. The lowest BCUT2D eigenvalue weighted by Crippen LogP contribution is -2.39. The van der Waals surface area contributed by atoms with Crippen LogP contribution in [0.2, 0.25) is 4.34 Å². The van der Waals surface area contributed by atoms with Crippen LogP contribution in [0.5, 0.6) is 5.88 Å². The van der Waals surface area contributed by atoms with Gasteiger partial charge in [0.05, 0.1) is 10.9 Å². The molecule has 0 aliphatic rings. The van der Waals surface area contributed by atoms with Crippen LogP contribution in [0.1, 0.15) is 17.4 Å². The molecule has 0 aromatic carbocycles. The molecule has 2 heterocycles. The van der Waals surface area contributed by atoms with Gasteiger partial charge >= 0.3 is 12.2 Å². The second-order valence-electron chi connectivity index (χ2n) is 5.25. The van der Waals surface area contributed by atoms with E-state index in [0.717, 1.165) is 4.88 Å². The van der Waals surface area contributed by atoms with Crippen LogP contribution in [-0.4, -0.2) is 35.2 Å². The molecule has 0 saturated carbocycles. The Morgan fingerprint density at radius 3 is 2.77 bits per heavy atom. The molecule has 2 aromatic heterocycles. The molecular formula is C16H17ClF3N3O2S. The molecule has 2 aromatic rings. The highest BCUT2D eigenvalue weighted by Crippen LogP contribution is 2.23. The monoisotopic (exact) mass is 407 g/mol. The molecule has 0 fully saturated rings. The molecule has 26 heavy (non-hydrogen) atoms. The van der Waals surface area contributed by atoms with E-state index in [-0.39, 0.29) is 18.5 Å². The fraction of sp³-hybridized carbons (Fsp3) is 0.375. The smallest absolute Gasteiger partial charge is 0.422 e. The molecule has 0 radical (unpaired) electrons. The third kappa shape index (κ3) is 6.38. The van der Waals surface area contributed by atoms with E-state index in [2.05, 4.69) is 10.3 Å². The van der Waals surface area contributed by atoms with Gasteiger partial charge in [-0.3, -0.25) is 0 Å². The summed E-state index contributed by atoms with van der Waals surface area (Å²) in [7, 11) is 0. The number of carbonyl (C=O) groups excluding carboxylic acids is 1. The van der Waals surface area contributed by atoms with Crippen LogP contribution in [0.25, 0.3) is 0 Å². The van der Waals surface area contributed by atoms with Crippen molar-refractivity contribution in [1.29, 1.82) is 0 Å². The number of pyridine rings is 1. The number of ether oxygens (including phenoxy) is 1. The summed E-state index contributed by atoms with van der Waals surface area (Å²) in [5.74, 6) is -0.154. The van der Waals surface area contributed by atoms with Crippen LogP contribution >= 0.6 is 22.9 Å². The number of nitrogens with one attached hydrogen (secondary N) is 1. The standard InChI is InChI=1S/C16H17ClF3N3O2S/c1-2-23(9-12-5-6-13(17)26-12)15(24)22-8-11-4-3-7-21-14(11)25-10-16(18,19)20/h3-7H,2,8-10H2,1H3,(H,22,24). The van der Waals surface area contributed by atoms with E-state index in [4.69, 9.17) is 16.3 Å². The van der Waals surface area contributed by atoms with Crippen molar-refractivity contribution < 1.29 is 22.7 Å². The summed E-state index contributed by atoms with van der Waals surface area (Å²) in [4.78, 5) is 18.6. The third-order valence-corrected chi connectivity index (χ3v) is 4.51. The Morgan fingerprint density at radius 2 is 2.15 bits per heavy atom. The number of carbonyl (C=O) groups is 1. The van der Waals surface area contributed by atoms with E-state index in [1.165, 1.54) is 17.5 Å². The van der Waals surface area contributed by atoms with E-state index >= 15 is 0 Å². The SMILES string of the molecule is CCN(Cc1ccc(Cl)s1)C(=O)NCc1cccnc1OCC(F)(F)F. The van der Waals surface area contributed by atoms with Crippen molar-refractivity contribution in [2.24, 2.45) is 0 Å². The summed E-state index contributed by atoms with van der Waals surface area (Å²) in [5, 5.41) is 2.67. The molecule has 0 spiro atoms. The van der Waals surface area contributed by atoms with Crippen LogP contribution in [-0.2, 0) is 13.1 Å². The average molecular weight is 408 g/mol. The third-order valence-electron chi connectivity index (χ3n) is 3.30. The quantitative estimate of drug-likeness (QED) is 0.736. The maximum absolute atomic E-state index is 12.3. The summed E-state index contributed by atoms with van der Waals surface area (Å²) in [6.45, 7) is 1.25. The van der Waals surface area contributed by atoms with E-state index in [1.807, 2.05) is 13.0 Å². The minimum Gasteiger partial charge on any atom is -0.468 e. The highest BCUT2D eigenvalue weighted by Gasteiger charge is 2.29. The Hall–Kier alpha value is -2.00. The number of amides is 2. The predicted octanol–water partition coefficient (Wildman–Crippen LogP) is 4.47. The molecule has 2 amide bonds. The Balaban J connectivity index is 1.95. The van der Waals surface area contributed by atoms with Gasteiger partial charge in [-0.05, 0) is 25.1 Å². The molecule has 2 rings (SSSR count). The van der Waals surface area contributed by atoms with Crippen LogP contribution in [0.15, 0.2) is 30.5 Å². The summed E-state index contributed by atoms with van der Waals surface area (Å²) < 4.78 is 42.3. The van der Waals surface area contributed by atoms with Crippen molar-refractivity contribution in [3.63, 3.8) is 0 Å².